The van der Waals surface area contributed by atoms with Crippen LogP contribution in [0.15, 0.2) is 0 Å². The van der Waals surface area contributed by atoms with Crippen molar-refractivity contribution < 1.29 is 13.5 Å². The van der Waals surface area contributed by atoms with Gasteiger partial charge in [-0.3, -0.25) is 0 Å². The van der Waals surface area contributed by atoms with E-state index in [1.54, 1.807) is 0 Å². The highest BCUT2D eigenvalue weighted by Crippen LogP contribution is 2.12. The van der Waals surface area contributed by atoms with E-state index in [1.165, 1.54) is 0 Å². The second-order valence-electron chi connectivity index (χ2n) is 1.37. The fourth-order valence-corrected chi connectivity index (χ4v) is 0.884. The molecule has 0 aromatic carbocycles. The van der Waals surface area contributed by atoms with E-state index in [0.717, 1.165) is 6.42 Å². The summed E-state index contributed by atoms with van der Waals surface area (Å²) in [6.45, 7) is 0.636. The summed E-state index contributed by atoms with van der Waals surface area (Å²) in [4.78, 5) is 0. The Morgan fingerprint density at radius 3 is 2.43 bits per heavy atom. The molecule has 1 saturated heterocycles. The van der Waals surface area contributed by atoms with Crippen LogP contribution in [-0.2, 0) is 15.8 Å². The Balaban J connectivity index is 2.27. The average Bonchev–Trinajstić information content (AvgIpc) is 1.23. The fourth-order valence-electron chi connectivity index (χ4n) is 0.373. The Morgan fingerprint density at radius 2 is 2.43 bits per heavy atom. The predicted molar refractivity (Wildman–Crippen MR) is 25.1 cm³/mol. The summed E-state index contributed by atoms with van der Waals surface area (Å²) in [5.41, 5.74) is -0.389. The van der Waals surface area contributed by atoms with Crippen LogP contribution in [0.25, 0.3) is 0 Å². The van der Waals surface area contributed by atoms with Gasteiger partial charge in [0, 0.05) is 6.42 Å². The van der Waals surface area contributed by atoms with Crippen LogP contribution in [0.4, 0.5) is 0 Å². The maximum Gasteiger partial charge on any atom is 0.182 e. The van der Waals surface area contributed by atoms with Gasteiger partial charge in [-0.2, -0.15) is 0 Å². The van der Waals surface area contributed by atoms with Gasteiger partial charge in [0.05, 0.1) is 6.61 Å². The summed E-state index contributed by atoms with van der Waals surface area (Å²) in [6, 6.07) is 0. The predicted octanol–water partition coefficient (Wildman–Crippen LogP) is -0.0455. The topological polar surface area (TPSA) is 46.5 Å². The van der Waals surface area contributed by atoms with Crippen molar-refractivity contribution >= 4 is 11.1 Å². The molecular formula is C3H6O3S. The summed E-state index contributed by atoms with van der Waals surface area (Å²) >= 11 is -1.75. The fraction of sp³-hybridized carbons (Fsp3) is 1.00. The lowest BCUT2D eigenvalue weighted by molar-refractivity contribution is 0.00244. The SMILES string of the molecule is O=S(O)C1CCO1. The van der Waals surface area contributed by atoms with Gasteiger partial charge in [-0.25, -0.2) is 4.21 Å². The molecule has 0 amide bonds. The molecule has 2 atom stereocenters. The van der Waals surface area contributed by atoms with Crippen LogP contribution in [0, 0.1) is 0 Å². The molecule has 0 radical (unpaired) electrons. The van der Waals surface area contributed by atoms with Gasteiger partial charge in [-0.05, 0) is 0 Å². The second-order valence-corrected chi connectivity index (χ2v) is 2.44. The highest BCUT2D eigenvalue weighted by atomic mass is 32.2. The zero-order valence-corrected chi connectivity index (χ0v) is 4.48. The van der Waals surface area contributed by atoms with Gasteiger partial charge in [0.25, 0.3) is 0 Å². The van der Waals surface area contributed by atoms with Gasteiger partial charge in [0.15, 0.2) is 16.5 Å². The Kier molecular flexibility index (Phi) is 1.41. The standard InChI is InChI=1S/C3H6O3S/c4-7(5)3-1-2-6-3/h3H,1-2H2,(H,4,5). The highest BCUT2D eigenvalue weighted by Gasteiger charge is 2.23. The Bertz CT molecular complexity index is 88.2. The van der Waals surface area contributed by atoms with Crippen molar-refractivity contribution in [3.05, 3.63) is 0 Å². The van der Waals surface area contributed by atoms with E-state index in [1.807, 2.05) is 0 Å². The minimum absolute atomic E-state index is 0.389. The van der Waals surface area contributed by atoms with E-state index < -0.39 is 11.1 Å². The van der Waals surface area contributed by atoms with Crippen molar-refractivity contribution in [1.82, 2.24) is 0 Å². The van der Waals surface area contributed by atoms with Crippen LogP contribution in [-0.4, -0.2) is 20.8 Å². The van der Waals surface area contributed by atoms with E-state index in [-0.39, 0.29) is 5.44 Å². The molecule has 3 nitrogen and oxygen atoms in total. The molecule has 0 aromatic heterocycles. The van der Waals surface area contributed by atoms with E-state index in [9.17, 15) is 4.21 Å². The summed E-state index contributed by atoms with van der Waals surface area (Å²) in [5.74, 6) is 0. The molecule has 0 aliphatic carbocycles. The minimum atomic E-state index is -1.75. The van der Waals surface area contributed by atoms with Gasteiger partial charge < -0.3 is 9.29 Å². The first-order valence-electron chi connectivity index (χ1n) is 2.02. The number of rotatable bonds is 1. The third kappa shape index (κ3) is 0.992. The Labute approximate surface area is 44.0 Å². The Hall–Kier alpha value is 0.0700. The molecule has 1 rings (SSSR count). The summed E-state index contributed by atoms with van der Waals surface area (Å²) in [5, 5.41) is 0. The number of hydrogen-bond donors (Lipinski definition) is 1. The third-order valence-corrected chi connectivity index (χ3v) is 1.70. The van der Waals surface area contributed by atoms with E-state index in [2.05, 4.69) is 4.74 Å². The molecule has 1 heterocycles. The molecule has 0 bridgehead atoms. The lowest BCUT2D eigenvalue weighted by Gasteiger charge is -2.21. The molecule has 1 fully saturated rings. The van der Waals surface area contributed by atoms with Crippen LogP contribution < -0.4 is 0 Å². The lowest BCUT2D eigenvalue weighted by atomic mass is 10.4. The average molecular weight is 122 g/mol. The quantitative estimate of drug-likeness (QED) is 0.496. The minimum Gasteiger partial charge on any atom is -0.362 e. The van der Waals surface area contributed by atoms with Crippen molar-refractivity contribution in [2.24, 2.45) is 0 Å². The molecule has 1 N–H and O–H groups in total. The molecule has 0 saturated carbocycles. The second kappa shape index (κ2) is 1.90. The van der Waals surface area contributed by atoms with Crippen molar-refractivity contribution in [2.75, 3.05) is 6.61 Å². The summed E-state index contributed by atoms with van der Waals surface area (Å²) in [7, 11) is 0. The van der Waals surface area contributed by atoms with Crippen LogP contribution in [0.5, 0.6) is 0 Å². The van der Waals surface area contributed by atoms with Crippen LogP contribution in [0.3, 0.4) is 0 Å². The van der Waals surface area contributed by atoms with Crippen molar-refractivity contribution in [1.29, 1.82) is 0 Å². The zero-order chi connectivity index (χ0) is 5.28. The van der Waals surface area contributed by atoms with Gasteiger partial charge in [-0.1, -0.05) is 0 Å². The van der Waals surface area contributed by atoms with E-state index in [4.69, 9.17) is 4.55 Å². The maximum absolute atomic E-state index is 9.97. The van der Waals surface area contributed by atoms with Crippen LogP contribution >= 0.6 is 0 Å². The molecule has 4 heteroatoms. The molecular weight excluding hydrogens is 116 g/mol. The number of hydrogen-bond acceptors (Lipinski definition) is 2. The molecule has 42 valence electrons. The normalized spacial score (nSPS) is 34.1. The molecule has 2 unspecified atom stereocenters. The largest absolute Gasteiger partial charge is 0.362 e. The first-order valence-corrected chi connectivity index (χ1v) is 3.19. The van der Waals surface area contributed by atoms with Crippen LogP contribution in [0.1, 0.15) is 6.42 Å². The monoisotopic (exact) mass is 122 g/mol. The molecule has 1 aliphatic heterocycles. The van der Waals surface area contributed by atoms with Gasteiger partial charge in [0.2, 0.25) is 0 Å². The lowest BCUT2D eigenvalue weighted by Crippen LogP contribution is -2.30. The molecule has 7 heavy (non-hydrogen) atoms. The van der Waals surface area contributed by atoms with Crippen molar-refractivity contribution in [3.8, 4) is 0 Å². The number of ether oxygens (including phenoxy) is 1. The first-order chi connectivity index (χ1) is 3.30. The smallest absolute Gasteiger partial charge is 0.182 e. The van der Waals surface area contributed by atoms with Gasteiger partial charge in [-0.15, -0.1) is 0 Å². The van der Waals surface area contributed by atoms with Gasteiger partial charge >= 0.3 is 0 Å². The summed E-state index contributed by atoms with van der Waals surface area (Å²) in [6.07, 6.45) is 0.725. The van der Waals surface area contributed by atoms with E-state index in [0.29, 0.717) is 6.61 Å². The Morgan fingerprint density at radius 1 is 1.86 bits per heavy atom. The van der Waals surface area contributed by atoms with E-state index >= 15 is 0 Å². The maximum atomic E-state index is 9.97. The molecule has 0 spiro atoms. The zero-order valence-electron chi connectivity index (χ0n) is 3.66. The van der Waals surface area contributed by atoms with Crippen molar-refractivity contribution in [2.45, 2.75) is 11.9 Å². The molecule has 1 aliphatic rings. The first kappa shape index (κ1) is 5.21. The molecule has 0 aromatic rings. The van der Waals surface area contributed by atoms with Crippen LogP contribution in [0.2, 0.25) is 0 Å². The van der Waals surface area contributed by atoms with Crippen molar-refractivity contribution in [3.63, 3.8) is 0 Å². The van der Waals surface area contributed by atoms with Gasteiger partial charge in [0.1, 0.15) is 0 Å². The summed E-state index contributed by atoms with van der Waals surface area (Å²) < 4.78 is 22.8. The highest BCUT2D eigenvalue weighted by molar-refractivity contribution is 7.79. The third-order valence-electron chi connectivity index (χ3n) is 0.882.